The van der Waals surface area contributed by atoms with Gasteiger partial charge in [-0.1, -0.05) is 45.4 Å². The first kappa shape index (κ1) is 49.5. The van der Waals surface area contributed by atoms with Crippen molar-refractivity contribution in [2.45, 2.75) is 91.2 Å². The number of nitrogens with zero attached hydrogens (tertiary/aromatic N) is 3. The molecule has 3 aromatic rings. The average Bonchev–Trinajstić information content (AvgIpc) is 3.82. The maximum Gasteiger partial charge on any atom is 0.244 e. The highest BCUT2D eigenvalue weighted by Gasteiger charge is 2.64. The molecule has 4 heterocycles. The van der Waals surface area contributed by atoms with Crippen LogP contribution in [0.4, 0.5) is 10.1 Å². The summed E-state index contributed by atoms with van der Waals surface area (Å²) in [6, 6.07) is 16.3. The number of nitrogens with one attached hydrogen (secondary N) is 5. The summed E-state index contributed by atoms with van der Waals surface area (Å²) in [5.74, 6) is 0.300. The lowest BCUT2D eigenvalue weighted by molar-refractivity contribution is -0.174. The minimum Gasteiger partial charge on any atom is -0.490 e. The van der Waals surface area contributed by atoms with Gasteiger partial charge in [-0.2, -0.15) is 9.65 Å². The largest absolute Gasteiger partial charge is 0.490 e. The zero-order valence-electron chi connectivity index (χ0n) is 39.7. The molecule has 18 heteroatoms. The Balaban J connectivity index is 0.789. The maximum atomic E-state index is 16.1. The van der Waals surface area contributed by atoms with Crippen molar-refractivity contribution in [1.29, 1.82) is 5.26 Å². The molecule has 0 aromatic heterocycles. The molecular formula is C50H64ClFN8O7S. The number of hydrogen-bond donors (Lipinski definition) is 5. The van der Waals surface area contributed by atoms with Crippen LogP contribution in [-0.2, 0) is 19.6 Å². The molecule has 5 N–H and O–H groups in total. The SMILES string of the molecule is CCS(=O)(=O)Nc1ccc(Oc2cccc(OCCCC3CCN(C4NCC(C(=O)NC5C(C)(C)C(Oc6ccc(C#N)c(Cl)c6)C5(C)C)CN4)CC3)c2F)c(C2=CN(C)C(=O)C3NCCC23)c1. The van der Waals surface area contributed by atoms with Gasteiger partial charge in [-0.3, -0.25) is 29.8 Å². The van der Waals surface area contributed by atoms with Gasteiger partial charge in [0, 0.05) is 79.5 Å². The van der Waals surface area contributed by atoms with E-state index in [1.807, 2.05) is 0 Å². The zero-order chi connectivity index (χ0) is 48.5. The number of nitriles is 1. The number of carbonyl (C=O) groups is 2. The zero-order valence-corrected chi connectivity index (χ0v) is 41.2. The molecular weight excluding hydrogens is 911 g/mol. The number of amides is 2. The van der Waals surface area contributed by atoms with Gasteiger partial charge in [0.1, 0.15) is 30.0 Å². The van der Waals surface area contributed by atoms with E-state index in [2.05, 4.69) is 64.7 Å². The van der Waals surface area contributed by atoms with Crippen molar-refractivity contribution in [2.75, 3.05) is 56.9 Å². The number of halogens is 2. The summed E-state index contributed by atoms with van der Waals surface area (Å²) in [5, 5.41) is 23.3. The van der Waals surface area contributed by atoms with Crippen LogP contribution in [0.1, 0.15) is 77.8 Å². The third-order valence-electron chi connectivity index (χ3n) is 14.6. The van der Waals surface area contributed by atoms with Gasteiger partial charge in [-0.25, -0.2) is 8.42 Å². The Morgan fingerprint density at radius 1 is 0.985 bits per heavy atom. The van der Waals surface area contributed by atoms with Gasteiger partial charge in [0.15, 0.2) is 11.5 Å². The predicted molar refractivity (Wildman–Crippen MR) is 259 cm³/mol. The number of carbonyl (C=O) groups excluding carboxylic acids is 2. The van der Waals surface area contributed by atoms with Crippen molar-refractivity contribution in [2.24, 2.45) is 28.6 Å². The molecule has 0 spiro atoms. The number of benzene rings is 3. The topological polar surface area (TPSA) is 186 Å². The smallest absolute Gasteiger partial charge is 0.244 e. The van der Waals surface area contributed by atoms with Crippen LogP contribution in [0.2, 0.25) is 5.02 Å². The summed E-state index contributed by atoms with van der Waals surface area (Å²) in [7, 11) is -1.90. The van der Waals surface area contributed by atoms with Crippen LogP contribution in [0.15, 0.2) is 60.8 Å². The first-order valence-corrected chi connectivity index (χ1v) is 25.8. The van der Waals surface area contributed by atoms with Crippen molar-refractivity contribution >= 4 is 44.7 Å². The second kappa shape index (κ2) is 20.2. The van der Waals surface area contributed by atoms with Crippen LogP contribution in [0, 0.1) is 45.7 Å². The summed E-state index contributed by atoms with van der Waals surface area (Å²) in [4.78, 5) is 30.5. The molecule has 0 bridgehead atoms. The molecule has 68 heavy (non-hydrogen) atoms. The molecule has 366 valence electrons. The Morgan fingerprint density at radius 3 is 2.40 bits per heavy atom. The molecule has 1 saturated carbocycles. The van der Waals surface area contributed by atoms with E-state index in [1.54, 1.807) is 68.7 Å². The normalized spacial score (nSPS) is 25.9. The second-order valence-corrected chi connectivity index (χ2v) is 22.4. The van der Waals surface area contributed by atoms with Crippen LogP contribution in [0.25, 0.3) is 5.57 Å². The third-order valence-corrected chi connectivity index (χ3v) is 16.2. The fourth-order valence-electron chi connectivity index (χ4n) is 11.1. The number of piperidine rings is 1. The Bertz CT molecular complexity index is 2540. The Hall–Kier alpha value is -4.96. The fourth-order valence-corrected chi connectivity index (χ4v) is 12.0. The van der Waals surface area contributed by atoms with E-state index in [9.17, 15) is 23.3 Å². The van der Waals surface area contributed by atoms with E-state index in [0.29, 0.717) is 71.9 Å². The minimum absolute atomic E-state index is 0.00951. The molecule has 1 aliphatic carbocycles. The fraction of sp³-hybridized carbons (Fsp3) is 0.540. The van der Waals surface area contributed by atoms with E-state index in [4.69, 9.17) is 25.8 Å². The van der Waals surface area contributed by atoms with Gasteiger partial charge in [0.25, 0.3) is 0 Å². The van der Waals surface area contributed by atoms with Gasteiger partial charge in [-0.15, -0.1) is 0 Å². The second-order valence-electron chi connectivity index (χ2n) is 20.0. The van der Waals surface area contributed by atoms with E-state index in [0.717, 1.165) is 44.3 Å². The summed E-state index contributed by atoms with van der Waals surface area (Å²) < 4.78 is 62.3. The molecule has 2 atom stereocenters. The summed E-state index contributed by atoms with van der Waals surface area (Å²) in [5.41, 5.74) is 1.40. The number of rotatable bonds is 16. The van der Waals surface area contributed by atoms with E-state index in [1.165, 1.54) is 11.0 Å². The molecule has 0 radical (unpaired) electrons. The van der Waals surface area contributed by atoms with Gasteiger partial charge in [0.2, 0.25) is 27.7 Å². The first-order chi connectivity index (χ1) is 32.4. The maximum absolute atomic E-state index is 16.1. The van der Waals surface area contributed by atoms with Crippen molar-refractivity contribution in [1.82, 2.24) is 31.1 Å². The number of fused-ring (bicyclic) bond motifs is 1. The molecule has 3 saturated heterocycles. The standard InChI is InChI=1S/C50H64ClFN8O7S/c1-7-68(63,64)58-33-14-16-39(36(24-33)37-29-59(6)45(62)43-35(37)17-20-54-43)67-41-12-8-11-40(42(41)52)65-23-9-10-30-18-21-60(22-19-30)48-55-27-32(28-56-48)44(61)57-46-49(2,3)47(50(46,4)5)66-34-15-13-31(26-53)38(51)25-34/h8,11-16,24-25,29-30,32,35,43,46-48,54-56,58H,7,9-10,17-23,27-28H2,1-6H3,(H,57,61). The van der Waals surface area contributed by atoms with Crippen LogP contribution in [0.5, 0.6) is 23.0 Å². The summed E-state index contributed by atoms with van der Waals surface area (Å²) in [6.07, 6.45) is 6.00. The molecule has 4 fully saturated rings. The number of hydrogen-bond acceptors (Lipinski definition) is 12. The quantitative estimate of drug-likeness (QED) is 0.0964. The van der Waals surface area contributed by atoms with Gasteiger partial charge in [0.05, 0.1) is 34.9 Å². The van der Waals surface area contributed by atoms with Crippen molar-refractivity contribution in [3.8, 4) is 29.1 Å². The number of likely N-dealkylation sites (N-methyl/N-ethyl adjacent to an activating group) is 1. The Kier molecular flexibility index (Phi) is 14.7. The van der Waals surface area contributed by atoms with Crippen LogP contribution < -0.4 is 40.2 Å². The minimum atomic E-state index is -3.58. The number of likely N-dealkylation sites (tertiary alicyclic amines) is 1. The number of anilines is 1. The molecule has 4 aliphatic heterocycles. The number of sulfonamides is 1. The van der Waals surface area contributed by atoms with Crippen molar-refractivity contribution in [3.05, 3.63) is 82.8 Å². The van der Waals surface area contributed by atoms with Crippen LogP contribution in [-0.4, -0.2) is 107 Å². The highest BCUT2D eigenvalue weighted by molar-refractivity contribution is 7.92. The van der Waals surface area contributed by atoms with Crippen molar-refractivity contribution < 1.29 is 36.6 Å². The van der Waals surface area contributed by atoms with E-state index >= 15 is 4.39 Å². The number of ether oxygens (including phenoxy) is 3. The van der Waals surface area contributed by atoms with E-state index in [-0.39, 0.29) is 70.2 Å². The lowest BCUT2D eigenvalue weighted by atomic mass is 9.49. The molecule has 3 aromatic carbocycles. The van der Waals surface area contributed by atoms with Crippen molar-refractivity contribution in [3.63, 3.8) is 0 Å². The molecule has 15 nitrogen and oxygen atoms in total. The highest BCUT2D eigenvalue weighted by Crippen LogP contribution is 2.56. The average molecular weight is 976 g/mol. The van der Waals surface area contributed by atoms with Crippen LogP contribution >= 0.6 is 11.6 Å². The lowest BCUT2D eigenvalue weighted by Gasteiger charge is -2.63. The summed E-state index contributed by atoms with van der Waals surface area (Å²) >= 11 is 6.27. The Labute approximate surface area is 404 Å². The molecule has 2 unspecified atom stereocenters. The molecule has 5 aliphatic rings. The van der Waals surface area contributed by atoms with Gasteiger partial charge >= 0.3 is 0 Å². The molecule has 2 amide bonds. The van der Waals surface area contributed by atoms with Crippen LogP contribution in [0.3, 0.4) is 0 Å². The molecule has 8 rings (SSSR count). The third kappa shape index (κ3) is 10.3. The summed E-state index contributed by atoms with van der Waals surface area (Å²) in [6.45, 7) is 13.9. The van der Waals surface area contributed by atoms with Gasteiger partial charge < -0.3 is 29.7 Å². The highest BCUT2D eigenvalue weighted by atomic mass is 35.5. The predicted octanol–water partition coefficient (Wildman–Crippen LogP) is 6.66. The first-order valence-electron chi connectivity index (χ1n) is 23.7. The Morgan fingerprint density at radius 2 is 1.71 bits per heavy atom. The van der Waals surface area contributed by atoms with E-state index < -0.39 is 21.9 Å². The monoisotopic (exact) mass is 974 g/mol. The lowest BCUT2D eigenvalue weighted by Crippen LogP contribution is -2.75. The van der Waals surface area contributed by atoms with Gasteiger partial charge in [-0.05, 0) is 99.5 Å².